The summed E-state index contributed by atoms with van der Waals surface area (Å²) in [4.78, 5) is 20.0. The first-order valence-electron chi connectivity index (χ1n) is 9.30. The summed E-state index contributed by atoms with van der Waals surface area (Å²) in [5.41, 5.74) is 6.95. The molecule has 27 heavy (non-hydrogen) atoms. The fraction of sp³-hybridized carbons (Fsp3) is 0.421. The van der Waals surface area contributed by atoms with Crippen LogP contribution in [0.25, 0.3) is 0 Å². The van der Waals surface area contributed by atoms with Crippen molar-refractivity contribution < 1.29 is 9.18 Å². The molecule has 7 nitrogen and oxygen atoms in total. The molecule has 8 heteroatoms. The van der Waals surface area contributed by atoms with Gasteiger partial charge in [0, 0.05) is 17.9 Å². The number of hydrogen-bond donors (Lipinski definition) is 4. The molecule has 5 N–H and O–H groups in total. The topological polar surface area (TPSA) is 105 Å². The van der Waals surface area contributed by atoms with Gasteiger partial charge in [0.2, 0.25) is 5.95 Å². The average Bonchev–Trinajstić information content (AvgIpc) is 3.46. The number of nitrogens with two attached hydrogens (primary N) is 1. The normalized spacial score (nSPS) is 17.5. The van der Waals surface area contributed by atoms with Gasteiger partial charge in [-0.3, -0.25) is 4.79 Å². The first-order chi connectivity index (χ1) is 13.1. The Morgan fingerprint density at radius 1 is 1.22 bits per heavy atom. The van der Waals surface area contributed by atoms with Gasteiger partial charge in [-0.25, -0.2) is 9.37 Å². The predicted molar refractivity (Wildman–Crippen MR) is 102 cm³/mol. The first-order valence-corrected chi connectivity index (χ1v) is 9.30. The predicted octanol–water partition coefficient (Wildman–Crippen LogP) is 2.50. The Balaban J connectivity index is 1.52. The highest BCUT2D eigenvalue weighted by Crippen LogP contribution is 2.30. The number of nitrogens with zero attached hydrogens (tertiary/aromatic N) is 2. The molecule has 1 aliphatic heterocycles. The Bertz CT molecular complexity index is 848. The van der Waals surface area contributed by atoms with Crippen molar-refractivity contribution in [1.29, 1.82) is 0 Å². The van der Waals surface area contributed by atoms with Crippen molar-refractivity contribution in [3.8, 4) is 0 Å². The summed E-state index contributed by atoms with van der Waals surface area (Å²) in [5.74, 6) is 0.145. The highest BCUT2D eigenvalue weighted by molar-refractivity contribution is 5.97. The molecule has 1 saturated carbocycles. The van der Waals surface area contributed by atoms with Crippen LogP contribution < -0.4 is 21.7 Å². The minimum absolute atomic E-state index is 0.225. The van der Waals surface area contributed by atoms with Crippen molar-refractivity contribution in [2.24, 2.45) is 5.73 Å². The van der Waals surface area contributed by atoms with Crippen molar-refractivity contribution >= 4 is 23.4 Å². The van der Waals surface area contributed by atoms with Crippen LogP contribution in [-0.4, -0.2) is 35.0 Å². The molecule has 0 unspecified atom stereocenters. The maximum Gasteiger partial charge on any atom is 0.254 e. The molecule has 0 radical (unpaired) electrons. The van der Waals surface area contributed by atoms with Gasteiger partial charge in [-0.15, -0.1) is 0 Å². The Hall–Kier alpha value is -2.74. The van der Waals surface area contributed by atoms with Gasteiger partial charge in [0.05, 0.1) is 5.56 Å². The third-order valence-corrected chi connectivity index (χ3v) is 5.01. The molecule has 1 aliphatic carbocycles. The number of carbonyl (C=O) groups is 1. The average molecular weight is 370 g/mol. The zero-order valence-electron chi connectivity index (χ0n) is 15.0. The fourth-order valence-electron chi connectivity index (χ4n) is 3.35. The second-order valence-electron chi connectivity index (χ2n) is 7.12. The minimum atomic E-state index is -0.581. The molecule has 142 valence electrons. The van der Waals surface area contributed by atoms with Gasteiger partial charge in [0.1, 0.15) is 11.6 Å². The van der Waals surface area contributed by atoms with Crippen molar-refractivity contribution in [2.45, 2.75) is 37.6 Å². The van der Waals surface area contributed by atoms with Crippen LogP contribution in [0.2, 0.25) is 0 Å². The standard InChI is InChI=1S/C19H23FN6O/c20-16-9-13(3-4-14(16)11-5-7-22-8-6-11)25-19-23-10-15(17(21)27)18(26-19)24-12-1-2-12/h3-4,9-12,22H,1-2,5-8H2,(H2,21,27)(H2,23,24,25,26). The molecule has 0 atom stereocenters. The van der Waals surface area contributed by atoms with E-state index in [0.29, 0.717) is 17.5 Å². The zero-order chi connectivity index (χ0) is 18.8. The molecular formula is C19H23FN6O. The van der Waals surface area contributed by atoms with E-state index in [4.69, 9.17) is 5.73 Å². The van der Waals surface area contributed by atoms with Crippen molar-refractivity contribution in [3.63, 3.8) is 0 Å². The zero-order valence-corrected chi connectivity index (χ0v) is 15.0. The highest BCUT2D eigenvalue weighted by atomic mass is 19.1. The Kier molecular flexibility index (Phi) is 4.89. The second-order valence-corrected chi connectivity index (χ2v) is 7.12. The van der Waals surface area contributed by atoms with Gasteiger partial charge in [-0.2, -0.15) is 4.98 Å². The van der Waals surface area contributed by atoms with Gasteiger partial charge in [-0.1, -0.05) is 6.07 Å². The minimum Gasteiger partial charge on any atom is -0.367 e. The van der Waals surface area contributed by atoms with Crippen molar-refractivity contribution in [1.82, 2.24) is 15.3 Å². The molecule has 2 aliphatic rings. The van der Waals surface area contributed by atoms with Crippen LogP contribution in [0.3, 0.4) is 0 Å². The molecule has 1 aromatic heterocycles. The summed E-state index contributed by atoms with van der Waals surface area (Å²) in [6.07, 6.45) is 5.35. The van der Waals surface area contributed by atoms with E-state index in [1.165, 1.54) is 12.3 Å². The number of halogens is 1. The van der Waals surface area contributed by atoms with E-state index < -0.39 is 5.91 Å². The largest absolute Gasteiger partial charge is 0.367 e. The molecule has 1 aromatic carbocycles. The van der Waals surface area contributed by atoms with Crippen LogP contribution in [0, 0.1) is 5.82 Å². The summed E-state index contributed by atoms with van der Waals surface area (Å²) in [5, 5.41) is 9.49. The van der Waals surface area contributed by atoms with Gasteiger partial charge < -0.3 is 21.7 Å². The molecular weight excluding hydrogens is 347 g/mol. The molecule has 0 spiro atoms. The number of primary amides is 1. The van der Waals surface area contributed by atoms with E-state index in [2.05, 4.69) is 25.9 Å². The van der Waals surface area contributed by atoms with Crippen LogP contribution in [-0.2, 0) is 0 Å². The van der Waals surface area contributed by atoms with Crippen molar-refractivity contribution in [3.05, 3.63) is 41.3 Å². The van der Waals surface area contributed by atoms with E-state index in [0.717, 1.165) is 44.3 Å². The van der Waals surface area contributed by atoms with Crippen LogP contribution in [0.1, 0.15) is 47.5 Å². The van der Waals surface area contributed by atoms with Gasteiger partial charge in [0.15, 0.2) is 0 Å². The SMILES string of the molecule is NC(=O)c1cnc(Nc2ccc(C3CCNCC3)c(F)c2)nc1NC1CC1. The van der Waals surface area contributed by atoms with Crippen LogP contribution >= 0.6 is 0 Å². The lowest BCUT2D eigenvalue weighted by atomic mass is 9.90. The fourth-order valence-corrected chi connectivity index (χ4v) is 3.35. The molecule has 4 rings (SSSR count). The summed E-state index contributed by atoms with van der Waals surface area (Å²) in [6.45, 7) is 1.84. The number of hydrogen-bond acceptors (Lipinski definition) is 6. The second kappa shape index (κ2) is 7.48. The number of amides is 1. The quantitative estimate of drug-likeness (QED) is 0.623. The number of rotatable bonds is 6. The number of aromatic nitrogens is 2. The maximum atomic E-state index is 14.6. The van der Waals surface area contributed by atoms with E-state index in [-0.39, 0.29) is 23.2 Å². The number of anilines is 3. The summed E-state index contributed by atoms with van der Waals surface area (Å²) >= 11 is 0. The molecule has 2 fully saturated rings. The smallest absolute Gasteiger partial charge is 0.254 e. The van der Waals surface area contributed by atoms with Gasteiger partial charge >= 0.3 is 0 Å². The molecule has 1 amide bonds. The lowest BCUT2D eigenvalue weighted by Crippen LogP contribution is -2.27. The summed E-state index contributed by atoms with van der Waals surface area (Å²) < 4.78 is 14.6. The molecule has 2 heterocycles. The maximum absolute atomic E-state index is 14.6. The lowest BCUT2D eigenvalue weighted by Gasteiger charge is -2.23. The number of benzene rings is 1. The van der Waals surface area contributed by atoms with E-state index in [1.807, 2.05) is 12.1 Å². The summed E-state index contributed by atoms with van der Waals surface area (Å²) in [7, 11) is 0. The number of piperidine rings is 1. The number of nitrogens with one attached hydrogen (secondary N) is 3. The van der Waals surface area contributed by atoms with E-state index >= 15 is 0 Å². The summed E-state index contributed by atoms with van der Waals surface area (Å²) in [6, 6.07) is 5.44. The first kappa shape index (κ1) is 17.7. The van der Waals surface area contributed by atoms with Crippen molar-refractivity contribution in [2.75, 3.05) is 23.7 Å². The molecule has 2 aromatic rings. The molecule has 0 bridgehead atoms. The van der Waals surface area contributed by atoms with Gasteiger partial charge in [0.25, 0.3) is 5.91 Å². The third kappa shape index (κ3) is 4.16. The highest BCUT2D eigenvalue weighted by Gasteiger charge is 2.24. The van der Waals surface area contributed by atoms with E-state index in [1.54, 1.807) is 0 Å². The molecule has 1 saturated heterocycles. The van der Waals surface area contributed by atoms with Crippen LogP contribution in [0.15, 0.2) is 24.4 Å². The Morgan fingerprint density at radius 2 is 2.00 bits per heavy atom. The van der Waals surface area contributed by atoms with Crippen LogP contribution in [0.4, 0.5) is 21.8 Å². The Morgan fingerprint density at radius 3 is 2.67 bits per heavy atom. The monoisotopic (exact) mass is 370 g/mol. The number of carbonyl (C=O) groups excluding carboxylic acids is 1. The van der Waals surface area contributed by atoms with Crippen LogP contribution in [0.5, 0.6) is 0 Å². The Labute approximate surface area is 157 Å². The third-order valence-electron chi connectivity index (χ3n) is 5.01. The lowest BCUT2D eigenvalue weighted by molar-refractivity contribution is 0.100. The van der Waals surface area contributed by atoms with Gasteiger partial charge in [-0.05, 0) is 62.4 Å². The van der Waals surface area contributed by atoms with E-state index in [9.17, 15) is 9.18 Å².